The Morgan fingerprint density at radius 3 is 2.44 bits per heavy atom. The summed E-state index contributed by atoms with van der Waals surface area (Å²) >= 11 is 0. The smallest absolute Gasteiger partial charge is 0.0985 e. The van der Waals surface area contributed by atoms with Crippen molar-refractivity contribution in [1.82, 2.24) is 0 Å². The molecule has 0 aromatic heterocycles. The molecule has 0 rings (SSSR count). The van der Waals surface area contributed by atoms with Crippen molar-refractivity contribution in [2.75, 3.05) is 20.8 Å². The van der Waals surface area contributed by atoms with Gasteiger partial charge in [-0.25, -0.2) is 0 Å². The molecule has 0 aromatic carbocycles. The number of ether oxygens (including phenoxy) is 2. The summed E-state index contributed by atoms with van der Waals surface area (Å²) in [6.07, 6.45) is 4.02. The molecule has 0 aliphatic heterocycles. The van der Waals surface area contributed by atoms with Gasteiger partial charge in [-0.3, -0.25) is 0 Å². The molecule has 54 valence electrons. The molecule has 0 bridgehead atoms. The zero-order valence-electron chi connectivity index (χ0n) is 6.26. The number of methoxy groups -OCH3 is 2. The number of allylic oxidation sites excluding steroid dienone is 1. The maximum absolute atomic E-state index is 5.02. The van der Waals surface area contributed by atoms with E-state index in [0.29, 0.717) is 6.61 Å². The Bertz CT molecular complexity index is 79.0. The summed E-state index contributed by atoms with van der Waals surface area (Å²) in [4.78, 5) is 0. The predicted molar refractivity (Wildman–Crippen MR) is 37.5 cm³/mol. The third kappa shape index (κ3) is 4.18. The third-order valence-corrected chi connectivity index (χ3v) is 1.04. The molecule has 0 aliphatic rings. The van der Waals surface area contributed by atoms with Gasteiger partial charge in [0, 0.05) is 14.2 Å². The van der Waals surface area contributed by atoms with E-state index in [1.807, 2.05) is 19.1 Å². The zero-order chi connectivity index (χ0) is 7.11. The number of hydrogen-bond donors (Lipinski definition) is 0. The largest absolute Gasteiger partial charge is 0.382 e. The van der Waals surface area contributed by atoms with Crippen LogP contribution < -0.4 is 0 Å². The number of rotatable bonds is 4. The fourth-order valence-corrected chi connectivity index (χ4v) is 0.581. The summed E-state index contributed by atoms with van der Waals surface area (Å²) in [6.45, 7) is 2.59. The molecule has 0 aromatic rings. The van der Waals surface area contributed by atoms with Crippen LogP contribution in [0.1, 0.15) is 6.92 Å². The van der Waals surface area contributed by atoms with Gasteiger partial charge in [-0.2, -0.15) is 0 Å². The minimum atomic E-state index is 0.111. The normalized spacial score (nSPS) is 14.6. The lowest BCUT2D eigenvalue weighted by Gasteiger charge is -2.07. The molecule has 0 N–H and O–H groups in total. The highest BCUT2D eigenvalue weighted by Crippen LogP contribution is 1.91. The van der Waals surface area contributed by atoms with Crippen LogP contribution in [0.25, 0.3) is 0 Å². The van der Waals surface area contributed by atoms with Gasteiger partial charge in [0.15, 0.2) is 0 Å². The molecule has 2 heteroatoms. The lowest BCUT2D eigenvalue weighted by atomic mass is 10.3. The van der Waals surface area contributed by atoms with Gasteiger partial charge >= 0.3 is 0 Å². The highest BCUT2D eigenvalue weighted by Gasteiger charge is 1.97. The van der Waals surface area contributed by atoms with Crippen LogP contribution in [0, 0.1) is 0 Å². The molecular formula is C7H14O2. The molecule has 9 heavy (non-hydrogen) atoms. The molecule has 1 unspecified atom stereocenters. The van der Waals surface area contributed by atoms with Gasteiger partial charge in [-0.1, -0.05) is 12.2 Å². The molecule has 0 aliphatic carbocycles. The van der Waals surface area contributed by atoms with Crippen LogP contribution in [-0.2, 0) is 9.47 Å². The van der Waals surface area contributed by atoms with Crippen LogP contribution in [0.4, 0.5) is 0 Å². The van der Waals surface area contributed by atoms with E-state index in [2.05, 4.69) is 0 Å². The van der Waals surface area contributed by atoms with Crippen LogP contribution in [0.5, 0.6) is 0 Å². The van der Waals surface area contributed by atoms with Gasteiger partial charge in [0.05, 0.1) is 12.7 Å². The van der Waals surface area contributed by atoms with Crippen molar-refractivity contribution in [1.29, 1.82) is 0 Å². The maximum atomic E-state index is 5.02. The Morgan fingerprint density at radius 1 is 1.44 bits per heavy atom. The highest BCUT2D eigenvalue weighted by molar-refractivity contribution is 4.86. The fourth-order valence-electron chi connectivity index (χ4n) is 0.581. The van der Waals surface area contributed by atoms with Gasteiger partial charge in [-0.15, -0.1) is 0 Å². The van der Waals surface area contributed by atoms with Crippen molar-refractivity contribution < 1.29 is 9.47 Å². The summed E-state index contributed by atoms with van der Waals surface area (Å²) < 4.78 is 9.89. The zero-order valence-corrected chi connectivity index (χ0v) is 6.26. The standard InChI is InChI=1S/C7H14O2/c1-4-5-7(9-3)6-8-2/h4-5,7H,6H2,1-3H3/b5-4+. The topological polar surface area (TPSA) is 18.5 Å². The third-order valence-electron chi connectivity index (χ3n) is 1.04. The van der Waals surface area contributed by atoms with Gasteiger partial charge in [-0.05, 0) is 6.92 Å². The molecule has 0 spiro atoms. The van der Waals surface area contributed by atoms with E-state index in [9.17, 15) is 0 Å². The average Bonchev–Trinajstić information content (AvgIpc) is 1.88. The van der Waals surface area contributed by atoms with Crippen molar-refractivity contribution in [2.45, 2.75) is 13.0 Å². The van der Waals surface area contributed by atoms with E-state index in [1.54, 1.807) is 14.2 Å². The summed E-state index contributed by atoms with van der Waals surface area (Å²) in [5.74, 6) is 0. The first-order valence-electron chi connectivity index (χ1n) is 2.99. The van der Waals surface area contributed by atoms with Gasteiger partial charge in [0.1, 0.15) is 0 Å². The Balaban J connectivity index is 3.41. The summed E-state index contributed by atoms with van der Waals surface area (Å²) in [5.41, 5.74) is 0. The molecule has 0 amide bonds. The molecular weight excluding hydrogens is 116 g/mol. The second-order valence-corrected chi connectivity index (χ2v) is 1.76. The maximum Gasteiger partial charge on any atom is 0.0985 e. The summed E-state index contributed by atoms with van der Waals surface area (Å²) in [5, 5.41) is 0. The minimum Gasteiger partial charge on any atom is -0.382 e. The fraction of sp³-hybridized carbons (Fsp3) is 0.714. The van der Waals surface area contributed by atoms with E-state index in [0.717, 1.165) is 0 Å². The quantitative estimate of drug-likeness (QED) is 0.533. The van der Waals surface area contributed by atoms with Crippen molar-refractivity contribution in [3.8, 4) is 0 Å². The second-order valence-electron chi connectivity index (χ2n) is 1.76. The van der Waals surface area contributed by atoms with Crippen molar-refractivity contribution in [3.63, 3.8) is 0 Å². The average molecular weight is 130 g/mol. The van der Waals surface area contributed by atoms with Crippen molar-refractivity contribution >= 4 is 0 Å². The van der Waals surface area contributed by atoms with Gasteiger partial charge in [0.25, 0.3) is 0 Å². The molecule has 0 radical (unpaired) electrons. The van der Waals surface area contributed by atoms with E-state index in [1.165, 1.54) is 0 Å². The minimum absolute atomic E-state index is 0.111. The van der Waals surface area contributed by atoms with E-state index in [-0.39, 0.29) is 6.10 Å². The van der Waals surface area contributed by atoms with Crippen LogP contribution in [0.2, 0.25) is 0 Å². The Morgan fingerprint density at radius 2 is 2.11 bits per heavy atom. The van der Waals surface area contributed by atoms with Gasteiger partial charge < -0.3 is 9.47 Å². The van der Waals surface area contributed by atoms with E-state index in [4.69, 9.17) is 9.47 Å². The first kappa shape index (κ1) is 8.66. The lowest BCUT2D eigenvalue weighted by molar-refractivity contribution is 0.0571. The van der Waals surface area contributed by atoms with Crippen LogP contribution in [-0.4, -0.2) is 26.9 Å². The summed E-state index contributed by atoms with van der Waals surface area (Å²) in [6, 6.07) is 0. The van der Waals surface area contributed by atoms with Crippen LogP contribution in [0.15, 0.2) is 12.2 Å². The lowest BCUT2D eigenvalue weighted by Crippen LogP contribution is -2.13. The van der Waals surface area contributed by atoms with Crippen LogP contribution >= 0.6 is 0 Å². The Hall–Kier alpha value is -0.340. The molecule has 1 atom stereocenters. The molecule has 0 fully saturated rings. The molecule has 0 heterocycles. The van der Waals surface area contributed by atoms with Crippen molar-refractivity contribution in [3.05, 3.63) is 12.2 Å². The molecule has 0 saturated heterocycles. The SMILES string of the molecule is C/C=C/C(COC)OC. The number of hydrogen-bond acceptors (Lipinski definition) is 2. The van der Waals surface area contributed by atoms with E-state index < -0.39 is 0 Å². The first-order chi connectivity index (χ1) is 4.35. The van der Waals surface area contributed by atoms with E-state index >= 15 is 0 Å². The molecule has 0 saturated carbocycles. The predicted octanol–water partition coefficient (Wildman–Crippen LogP) is 1.22. The summed E-state index contributed by atoms with van der Waals surface area (Å²) in [7, 11) is 3.33. The van der Waals surface area contributed by atoms with Gasteiger partial charge in [0.2, 0.25) is 0 Å². The molecule has 2 nitrogen and oxygen atoms in total. The van der Waals surface area contributed by atoms with Crippen molar-refractivity contribution in [2.24, 2.45) is 0 Å². The Labute approximate surface area is 56.5 Å². The highest BCUT2D eigenvalue weighted by atomic mass is 16.5. The first-order valence-corrected chi connectivity index (χ1v) is 2.99. The Kier molecular flexibility index (Phi) is 5.57. The monoisotopic (exact) mass is 130 g/mol. The second kappa shape index (κ2) is 5.79. The van der Waals surface area contributed by atoms with Crippen LogP contribution in [0.3, 0.4) is 0 Å².